The fourth-order valence-electron chi connectivity index (χ4n) is 1.03. The molecular weight excluding hydrogens is 184 g/mol. The molecule has 0 aromatic carbocycles. The molecule has 0 amide bonds. The maximum atomic E-state index is 5.59. The maximum Gasteiger partial charge on any atom is 0.263 e. The fraction of sp³-hybridized carbons (Fsp3) is 0.375. The summed E-state index contributed by atoms with van der Waals surface area (Å²) in [6.45, 7) is 3.56. The summed E-state index contributed by atoms with van der Waals surface area (Å²) in [4.78, 5) is 4.11. The molecule has 0 aliphatic carbocycles. The van der Waals surface area contributed by atoms with Crippen molar-refractivity contribution in [2.45, 2.75) is 19.9 Å². The van der Waals surface area contributed by atoms with E-state index in [0.29, 0.717) is 23.0 Å². The maximum absolute atomic E-state index is 5.59. The molecule has 0 aliphatic rings. The van der Waals surface area contributed by atoms with Crippen molar-refractivity contribution >= 4 is 0 Å². The number of nitrogens with two attached hydrogens (primary N) is 1. The van der Waals surface area contributed by atoms with Crippen molar-refractivity contribution in [2.75, 3.05) is 0 Å². The van der Waals surface area contributed by atoms with Crippen LogP contribution in [0.3, 0.4) is 0 Å². The summed E-state index contributed by atoms with van der Waals surface area (Å²) in [7, 11) is 0. The highest BCUT2D eigenvalue weighted by Crippen LogP contribution is 2.21. The monoisotopic (exact) mass is 194 g/mol. The van der Waals surface area contributed by atoms with Crippen LogP contribution in [-0.2, 0) is 0 Å². The van der Waals surface area contributed by atoms with E-state index in [9.17, 15) is 0 Å². The zero-order valence-electron chi connectivity index (χ0n) is 7.89. The predicted octanol–water partition coefficient (Wildman–Crippen LogP) is 1.05. The molecule has 1 atom stereocenters. The fourth-order valence-corrected chi connectivity index (χ4v) is 1.03. The molecule has 0 saturated heterocycles. The van der Waals surface area contributed by atoms with Gasteiger partial charge in [0.1, 0.15) is 11.3 Å². The average Bonchev–Trinajstić information content (AvgIpc) is 2.71. The van der Waals surface area contributed by atoms with Crippen LogP contribution in [0, 0.1) is 6.92 Å². The number of rotatable bonds is 2. The van der Waals surface area contributed by atoms with Gasteiger partial charge >= 0.3 is 0 Å². The molecule has 0 spiro atoms. The normalized spacial score (nSPS) is 13.1. The van der Waals surface area contributed by atoms with Gasteiger partial charge in [0, 0.05) is 0 Å². The van der Waals surface area contributed by atoms with Crippen molar-refractivity contribution in [2.24, 2.45) is 5.73 Å². The van der Waals surface area contributed by atoms with Crippen molar-refractivity contribution in [3.63, 3.8) is 0 Å². The standard InChI is InChI=1S/C8H10N4O2/c1-4(9)7-11-8(14-12-7)6-3-10-13-5(6)2/h3-4H,9H2,1-2H3. The molecule has 2 heterocycles. The third-order valence-corrected chi connectivity index (χ3v) is 1.83. The van der Waals surface area contributed by atoms with Gasteiger partial charge in [-0.25, -0.2) is 0 Å². The minimum Gasteiger partial charge on any atom is -0.361 e. The number of aromatic nitrogens is 3. The summed E-state index contributed by atoms with van der Waals surface area (Å²) in [5.41, 5.74) is 6.29. The van der Waals surface area contributed by atoms with E-state index in [2.05, 4.69) is 15.3 Å². The Morgan fingerprint density at radius 1 is 1.43 bits per heavy atom. The molecule has 74 valence electrons. The first-order chi connectivity index (χ1) is 6.68. The highest BCUT2D eigenvalue weighted by atomic mass is 16.5. The summed E-state index contributed by atoms with van der Waals surface area (Å²) in [6, 6.07) is -0.243. The van der Waals surface area contributed by atoms with Gasteiger partial charge in [-0.05, 0) is 13.8 Å². The Hall–Kier alpha value is -1.69. The number of nitrogens with zero attached hydrogens (tertiary/aromatic N) is 3. The molecular formula is C8H10N4O2. The van der Waals surface area contributed by atoms with E-state index in [1.807, 2.05) is 0 Å². The van der Waals surface area contributed by atoms with Crippen LogP contribution in [0.25, 0.3) is 11.5 Å². The van der Waals surface area contributed by atoms with Gasteiger partial charge in [-0.3, -0.25) is 0 Å². The lowest BCUT2D eigenvalue weighted by Crippen LogP contribution is -2.06. The molecule has 0 fully saturated rings. The predicted molar refractivity (Wildman–Crippen MR) is 47.1 cm³/mol. The Morgan fingerprint density at radius 2 is 2.21 bits per heavy atom. The highest BCUT2D eigenvalue weighted by molar-refractivity contribution is 5.53. The van der Waals surface area contributed by atoms with Crippen molar-refractivity contribution in [1.82, 2.24) is 15.3 Å². The summed E-state index contributed by atoms with van der Waals surface area (Å²) < 4.78 is 9.89. The SMILES string of the molecule is Cc1oncc1-c1nc(C(C)N)no1. The third kappa shape index (κ3) is 1.39. The Kier molecular flexibility index (Phi) is 2.05. The first-order valence-electron chi connectivity index (χ1n) is 4.19. The van der Waals surface area contributed by atoms with Crippen molar-refractivity contribution in [3.05, 3.63) is 17.8 Å². The number of hydrogen-bond acceptors (Lipinski definition) is 6. The van der Waals surface area contributed by atoms with E-state index in [4.69, 9.17) is 14.8 Å². The molecule has 2 N–H and O–H groups in total. The molecule has 6 heteroatoms. The highest BCUT2D eigenvalue weighted by Gasteiger charge is 2.15. The van der Waals surface area contributed by atoms with E-state index in [-0.39, 0.29) is 6.04 Å². The zero-order chi connectivity index (χ0) is 10.1. The van der Waals surface area contributed by atoms with Gasteiger partial charge in [0.2, 0.25) is 0 Å². The topological polar surface area (TPSA) is 91.0 Å². The van der Waals surface area contributed by atoms with Gasteiger partial charge < -0.3 is 14.8 Å². The van der Waals surface area contributed by atoms with Crippen LogP contribution in [0.4, 0.5) is 0 Å². The minimum atomic E-state index is -0.243. The van der Waals surface area contributed by atoms with Crippen molar-refractivity contribution < 1.29 is 9.05 Å². The second-order valence-corrected chi connectivity index (χ2v) is 3.04. The first kappa shape index (κ1) is 8.89. The molecule has 6 nitrogen and oxygen atoms in total. The smallest absolute Gasteiger partial charge is 0.263 e. The largest absolute Gasteiger partial charge is 0.361 e. The van der Waals surface area contributed by atoms with Crippen LogP contribution in [-0.4, -0.2) is 15.3 Å². The van der Waals surface area contributed by atoms with Gasteiger partial charge in [-0.2, -0.15) is 4.98 Å². The van der Waals surface area contributed by atoms with E-state index in [1.165, 1.54) is 6.20 Å². The number of hydrogen-bond donors (Lipinski definition) is 1. The van der Waals surface area contributed by atoms with E-state index in [0.717, 1.165) is 0 Å². The Balaban J connectivity index is 2.39. The first-order valence-corrected chi connectivity index (χ1v) is 4.19. The molecule has 0 aliphatic heterocycles. The van der Waals surface area contributed by atoms with E-state index in [1.54, 1.807) is 13.8 Å². The van der Waals surface area contributed by atoms with Crippen LogP contribution in [0.5, 0.6) is 0 Å². The van der Waals surface area contributed by atoms with Crippen molar-refractivity contribution in [3.8, 4) is 11.5 Å². The van der Waals surface area contributed by atoms with Gasteiger partial charge in [-0.1, -0.05) is 10.3 Å². The van der Waals surface area contributed by atoms with Crippen molar-refractivity contribution in [1.29, 1.82) is 0 Å². The molecule has 0 radical (unpaired) electrons. The average molecular weight is 194 g/mol. The Bertz CT molecular complexity index is 432. The van der Waals surface area contributed by atoms with Crippen LogP contribution in [0.15, 0.2) is 15.2 Å². The summed E-state index contributed by atoms with van der Waals surface area (Å²) >= 11 is 0. The van der Waals surface area contributed by atoms with Crippen LogP contribution >= 0.6 is 0 Å². The van der Waals surface area contributed by atoms with E-state index >= 15 is 0 Å². The summed E-state index contributed by atoms with van der Waals surface area (Å²) in [5, 5.41) is 7.35. The van der Waals surface area contributed by atoms with Gasteiger partial charge in [0.05, 0.1) is 12.2 Å². The minimum absolute atomic E-state index is 0.243. The summed E-state index contributed by atoms with van der Waals surface area (Å²) in [6.07, 6.45) is 1.54. The Labute approximate surface area is 80.1 Å². The molecule has 14 heavy (non-hydrogen) atoms. The Morgan fingerprint density at radius 3 is 2.71 bits per heavy atom. The van der Waals surface area contributed by atoms with Gasteiger partial charge in [-0.15, -0.1) is 0 Å². The quantitative estimate of drug-likeness (QED) is 0.768. The number of aryl methyl sites for hydroxylation is 1. The second-order valence-electron chi connectivity index (χ2n) is 3.04. The van der Waals surface area contributed by atoms with Crippen LogP contribution in [0.1, 0.15) is 24.6 Å². The lowest BCUT2D eigenvalue weighted by molar-refractivity contribution is 0.395. The molecule has 2 rings (SSSR count). The van der Waals surface area contributed by atoms with Gasteiger partial charge in [0.25, 0.3) is 5.89 Å². The van der Waals surface area contributed by atoms with Crippen LogP contribution in [0.2, 0.25) is 0 Å². The van der Waals surface area contributed by atoms with Crippen LogP contribution < -0.4 is 5.73 Å². The molecule has 0 bridgehead atoms. The molecule has 2 aromatic rings. The molecule has 0 saturated carbocycles. The van der Waals surface area contributed by atoms with Gasteiger partial charge in [0.15, 0.2) is 5.82 Å². The lowest BCUT2D eigenvalue weighted by Gasteiger charge is -1.92. The molecule has 2 aromatic heterocycles. The third-order valence-electron chi connectivity index (χ3n) is 1.83. The zero-order valence-corrected chi connectivity index (χ0v) is 7.89. The van der Waals surface area contributed by atoms with E-state index < -0.39 is 0 Å². The summed E-state index contributed by atoms with van der Waals surface area (Å²) in [5.74, 6) is 1.50. The second kappa shape index (κ2) is 3.22. The lowest BCUT2D eigenvalue weighted by atomic mass is 10.3. The molecule has 1 unspecified atom stereocenters.